The number of aromatic hydroxyl groups is 1. The van der Waals surface area contributed by atoms with E-state index in [2.05, 4.69) is 0 Å². The third-order valence-electron chi connectivity index (χ3n) is 3.82. The molecule has 0 atom stereocenters. The zero-order valence-corrected chi connectivity index (χ0v) is 16.9. The van der Waals surface area contributed by atoms with E-state index in [1.807, 2.05) is 38.0 Å². The highest BCUT2D eigenvalue weighted by Gasteiger charge is 2.14. The molecule has 0 saturated carbocycles. The van der Waals surface area contributed by atoms with Crippen LogP contribution in [0.1, 0.15) is 27.0 Å². The van der Waals surface area contributed by atoms with Gasteiger partial charge in [0.15, 0.2) is 5.78 Å². The molecule has 0 radical (unpaired) electrons. The SMILES string of the molecule is CN(C)Cc1cc(C(=O)/C=C/c2ccc(F)cc2)cc(CN(C)C)c1O.Cl. The van der Waals surface area contributed by atoms with Crippen molar-refractivity contribution in [2.45, 2.75) is 13.1 Å². The van der Waals surface area contributed by atoms with Crippen LogP contribution in [-0.4, -0.2) is 48.9 Å². The second-order valence-electron chi connectivity index (χ2n) is 6.87. The number of ketones is 1. The monoisotopic (exact) mass is 392 g/mol. The van der Waals surface area contributed by atoms with Crippen molar-refractivity contribution in [1.82, 2.24) is 9.80 Å². The van der Waals surface area contributed by atoms with Crippen LogP contribution < -0.4 is 0 Å². The Kier molecular flexibility index (Phi) is 8.63. The van der Waals surface area contributed by atoms with Gasteiger partial charge in [-0.05, 0) is 64.1 Å². The second kappa shape index (κ2) is 10.2. The lowest BCUT2D eigenvalue weighted by Gasteiger charge is -2.17. The largest absolute Gasteiger partial charge is 0.507 e. The minimum Gasteiger partial charge on any atom is -0.507 e. The third-order valence-corrected chi connectivity index (χ3v) is 3.82. The fourth-order valence-electron chi connectivity index (χ4n) is 2.67. The number of hydrogen-bond donors (Lipinski definition) is 1. The van der Waals surface area contributed by atoms with E-state index in [4.69, 9.17) is 0 Å². The highest BCUT2D eigenvalue weighted by atomic mass is 35.5. The number of phenols is 1. The van der Waals surface area contributed by atoms with Gasteiger partial charge in [-0.1, -0.05) is 18.2 Å². The maximum Gasteiger partial charge on any atom is 0.185 e. The van der Waals surface area contributed by atoms with Crippen molar-refractivity contribution in [3.63, 3.8) is 0 Å². The van der Waals surface area contributed by atoms with E-state index in [1.54, 1.807) is 30.3 Å². The summed E-state index contributed by atoms with van der Waals surface area (Å²) in [5.41, 5.74) is 2.70. The summed E-state index contributed by atoms with van der Waals surface area (Å²) in [6.45, 7) is 1.07. The molecular weight excluding hydrogens is 367 g/mol. The minimum atomic E-state index is -0.311. The lowest BCUT2D eigenvalue weighted by Crippen LogP contribution is -2.15. The van der Waals surface area contributed by atoms with Crippen LogP contribution in [0.4, 0.5) is 4.39 Å². The summed E-state index contributed by atoms with van der Waals surface area (Å²) in [4.78, 5) is 16.5. The van der Waals surface area contributed by atoms with Crippen molar-refractivity contribution in [3.8, 4) is 5.75 Å². The van der Waals surface area contributed by atoms with Crippen LogP contribution >= 0.6 is 12.4 Å². The Balaban J connectivity index is 0.00000364. The zero-order valence-electron chi connectivity index (χ0n) is 16.1. The van der Waals surface area contributed by atoms with E-state index in [1.165, 1.54) is 18.2 Å². The van der Waals surface area contributed by atoms with Gasteiger partial charge in [-0.3, -0.25) is 4.79 Å². The van der Waals surface area contributed by atoms with Gasteiger partial charge >= 0.3 is 0 Å². The van der Waals surface area contributed by atoms with Crippen LogP contribution in [0.25, 0.3) is 6.08 Å². The first kappa shape index (κ1) is 22.8. The maximum atomic E-state index is 13.0. The molecular formula is C21H26ClFN2O2. The number of phenolic OH excluding ortho intramolecular Hbond substituents is 1. The lowest BCUT2D eigenvalue weighted by atomic mass is 10.00. The molecule has 0 spiro atoms. The summed E-state index contributed by atoms with van der Waals surface area (Å²) in [7, 11) is 7.64. The number of allylic oxidation sites excluding steroid dienone is 1. The topological polar surface area (TPSA) is 43.8 Å². The summed E-state index contributed by atoms with van der Waals surface area (Å²) < 4.78 is 13.0. The molecule has 0 saturated heterocycles. The summed E-state index contributed by atoms with van der Waals surface area (Å²) in [5.74, 6) is -0.241. The molecule has 146 valence electrons. The molecule has 1 N–H and O–H groups in total. The Hall–Kier alpha value is -2.21. The Morgan fingerprint density at radius 2 is 1.48 bits per heavy atom. The average Bonchev–Trinajstić information content (AvgIpc) is 2.56. The van der Waals surface area contributed by atoms with Crippen molar-refractivity contribution in [2.75, 3.05) is 28.2 Å². The lowest BCUT2D eigenvalue weighted by molar-refractivity contribution is 0.104. The molecule has 2 rings (SSSR count). The number of halogens is 2. The van der Waals surface area contributed by atoms with Crippen molar-refractivity contribution < 1.29 is 14.3 Å². The number of rotatable bonds is 7. The van der Waals surface area contributed by atoms with E-state index >= 15 is 0 Å². The van der Waals surface area contributed by atoms with Crippen LogP contribution in [-0.2, 0) is 13.1 Å². The maximum absolute atomic E-state index is 13.0. The fraction of sp³-hybridized carbons (Fsp3) is 0.286. The van der Waals surface area contributed by atoms with E-state index in [9.17, 15) is 14.3 Å². The average molecular weight is 393 g/mol. The summed E-state index contributed by atoms with van der Waals surface area (Å²) in [6, 6.07) is 9.40. The standard InChI is InChI=1S/C21H25FN2O2.ClH/c1-23(2)13-17-11-16(12-18(21(17)26)14-24(3)4)20(25)10-7-15-5-8-19(22)9-6-15;/h5-12,26H,13-14H2,1-4H3;1H/b10-7+;. The highest BCUT2D eigenvalue weighted by Crippen LogP contribution is 2.27. The third kappa shape index (κ3) is 6.79. The molecule has 0 unspecified atom stereocenters. The van der Waals surface area contributed by atoms with Gasteiger partial charge in [0, 0.05) is 29.8 Å². The predicted octanol–water partition coefficient (Wildman–Crippen LogP) is 3.97. The Labute approximate surface area is 166 Å². The molecule has 0 aliphatic heterocycles. The number of benzene rings is 2. The molecule has 0 amide bonds. The number of hydrogen-bond acceptors (Lipinski definition) is 4. The molecule has 27 heavy (non-hydrogen) atoms. The summed E-state index contributed by atoms with van der Waals surface area (Å²) >= 11 is 0. The molecule has 0 heterocycles. The van der Waals surface area contributed by atoms with Gasteiger partial charge in [0.2, 0.25) is 0 Å². The van der Waals surface area contributed by atoms with Gasteiger partial charge in [0.25, 0.3) is 0 Å². The zero-order chi connectivity index (χ0) is 19.3. The van der Waals surface area contributed by atoms with Crippen LogP contribution in [0.3, 0.4) is 0 Å². The highest BCUT2D eigenvalue weighted by molar-refractivity contribution is 6.07. The van der Waals surface area contributed by atoms with Crippen LogP contribution in [0.2, 0.25) is 0 Å². The Bertz CT molecular complexity index is 771. The van der Waals surface area contributed by atoms with Gasteiger partial charge in [0.1, 0.15) is 11.6 Å². The van der Waals surface area contributed by atoms with Gasteiger partial charge in [0.05, 0.1) is 0 Å². The van der Waals surface area contributed by atoms with E-state index in [-0.39, 0.29) is 29.8 Å². The molecule has 0 aliphatic carbocycles. The van der Waals surface area contributed by atoms with Crippen molar-refractivity contribution >= 4 is 24.3 Å². The van der Waals surface area contributed by atoms with E-state index in [0.717, 1.165) is 5.56 Å². The quantitative estimate of drug-likeness (QED) is 0.572. The Morgan fingerprint density at radius 3 is 1.93 bits per heavy atom. The first-order valence-corrected chi connectivity index (χ1v) is 8.38. The first-order valence-electron chi connectivity index (χ1n) is 8.38. The fourth-order valence-corrected chi connectivity index (χ4v) is 2.67. The van der Waals surface area contributed by atoms with E-state index in [0.29, 0.717) is 29.8 Å². The van der Waals surface area contributed by atoms with Gasteiger partial charge in [-0.15, -0.1) is 12.4 Å². The van der Waals surface area contributed by atoms with Crippen molar-refractivity contribution in [2.24, 2.45) is 0 Å². The number of carbonyl (C=O) groups excluding carboxylic acids is 1. The predicted molar refractivity (Wildman–Crippen MR) is 110 cm³/mol. The molecule has 0 bridgehead atoms. The van der Waals surface area contributed by atoms with Crippen molar-refractivity contribution in [3.05, 3.63) is 70.5 Å². The summed E-state index contributed by atoms with van der Waals surface area (Å²) in [6.07, 6.45) is 3.13. The second-order valence-corrected chi connectivity index (χ2v) is 6.87. The molecule has 2 aromatic rings. The van der Waals surface area contributed by atoms with Crippen molar-refractivity contribution in [1.29, 1.82) is 0 Å². The Morgan fingerprint density at radius 1 is 1.00 bits per heavy atom. The molecule has 2 aromatic carbocycles. The molecule has 6 heteroatoms. The van der Waals surface area contributed by atoms with E-state index < -0.39 is 0 Å². The van der Waals surface area contributed by atoms with Crippen LogP contribution in [0.15, 0.2) is 42.5 Å². The minimum absolute atomic E-state index is 0. The summed E-state index contributed by atoms with van der Waals surface area (Å²) in [5, 5.41) is 10.5. The molecule has 4 nitrogen and oxygen atoms in total. The smallest absolute Gasteiger partial charge is 0.185 e. The van der Waals surface area contributed by atoms with Gasteiger partial charge in [-0.2, -0.15) is 0 Å². The molecule has 0 fully saturated rings. The first-order chi connectivity index (χ1) is 12.3. The molecule has 0 aromatic heterocycles. The van der Waals surface area contributed by atoms with Crippen LogP contribution in [0, 0.1) is 5.82 Å². The van der Waals surface area contributed by atoms with Gasteiger partial charge < -0.3 is 14.9 Å². The van der Waals surface area contributed by atoms with Crippen LogP contribution in [0.5, 0.6) is 5.75 Å². The number of nitrogens with zero attached hydrogens (tertiary/aromatic N) is 2. The molecule has 0 aliphatic rings. The number of carbonyl (C=O) groups is 1. The van der Waals surface area contributed by atoms with Gasteiger partial charge in [-0.25, -0.2) is 4.39 Å². The normalized spacial score (nSPS) is 11.2.